The number of nitrogens with zero attached hydrogens (tertiary/aromatic N) is 3. The lowest BCUT2D eigenvalue weighted by Gasteiger charge is -2.37. The van der Waals surface area contributed by atoms with E-state index in [4.69, 9.17) is 4.74 Å². The summed E-state index contributed by atoms with van der Waals surface area (Å²) in [5, 5.41) is 5.71. The van der Waals surface area contributed by atoms with E-state index in [1.807, 2.05) is 49.4 Å². The second-order valence-electron chi connectivity index (χ2n) is 7.78. The van der Waals surface area contributed by atoms with Crippen LogP contribution in [0.5, 0.6) is 0 Å². The molecule has 1 atom stereocenters. The highest BCUT2D eigenvalue weighted by Crippen LogP contribution is 2.28. The molecule has 2 aromatic rings. The predicted molar refractivity (Wildman–Crippen MR) is 118 cm³/mol. The lowest BCUT2D eigenvalue weighted by Crippen LogP contribution is -2.51. The number of ether oxygens (including phenoxy) is 1. The molecule has 0 radical (unpaired) electrons. The number of urea groups is 1. The molecule has 2 amide bonds. The Labute approximate surface area is 181 Å². The van der Waals surface area contributed by atoms with E-state index in [1.54, 1.807) is 6.20 Å². The molecule has 0 aliphatic carbocycles. The third-order valence-corrected chi connectivity index (χ3v) is 5.70. The van der Waals surface area contributed by atoms with Gasteiger partial charge in [-0.1, -0.05) is 35.9 Å². The molecule has 1 aromatic carbocycles. The van der Waals surface area contributed by atoms with Crippen LogP contribution < -0.4 is 15.5 Å². The molecule has 31 heavy (non-hydrogen) atoms. The van der Waals surface area contributed by atoms with Gasteiger partial charge in [-0.15, -0.1) is 0 Å². The minimum absolute atomic E-state index is 0.319. The SMILES string of the molecule is COC(=O)C1=C(CN2CCN(c3ccccn3)CC2)NC(=O)N[C@@H]1c1ccc(C)cc1. The first-order valence-corrected chi connectivity index (χ1v) is 10.4. The van der Waals surface area contributed by atoms with Crippen LogP contribution in [0.25, 0.3) is 0 Å². The summed E-state index contributed by atoms with van der Waals surface area (Å²) in [6, 6.07) is 12.8. The number of carbonyl (C=O) groups is 2. The topological polar surface area (TPSA) is 86.8 Å². The number of anilines is 1. The van der Waals surface area contributed by atoms with Crippen LogP contribution in [0.3, 0.4) is 0 Å². The number of carbonyl (C=O) groups excluding carboxylic acids is 2. The molecule has 4 rings (SSSR count). The van der Waals surface area contributed by atoms with Gasteiger partial charge in [-0.2, -0.15) is 0 Å². The summed E-state index contributed by atoms with van der Waals surface area (Å²) < 4.78 is 5.07. The number of methoxy groups -OCH3 is 1. The second-order valence-corrected chi connectivity index (χ2v) is 7.78. The fraction of sp³-hybridized carbons (Fsp3) is 0.348. The van der Waals surface area contributed by atoms with Crippen molar-refractivity contribution in [3.63, 3.8) is 0 Å². The van der Waals surface area contributed by atoms with Crippen LogP contribution in [0.4, 0.5) is 10.6 Å². The van der Waals surface area contributed by atoms with Gasteiger partial charge in [-0.3, -0.25) is 4.90 Å². The van der Waals surface area contributed by atoms with Gasteiger partial charge in [0.1, 0.15) is 5.82 Å². The zero-order valence-corrected chi connectivity index (χ0v) is 17.8. The summed E-state index contributed by atoms with van der Waals surface area (Å²) in [5.74, 6) is 0.520. The van der Waals surface area contributed by atoms with Crippen molar-refractivity contribution < 1.29 is 14.3 Å². The van der Waals surface area contributed by atoms with Crippen LogP contribution in [0, 0.1) is 6.92 Å². The zero-order valence-electron chi connectivity index (χ0n) is 17.8. The minimum Gasteiger partial charge on any atom is -0.466 e. The van der Waals surface area contributed by atoms with E-state index < -0.39 is 12.0 Å². The van der Waals surface area contributed by atoms with E-state index in [2.05, 4.69) is 25.4 Å². The van der Waals surface area contributed by atoms with Gasteiger partial charge in [-0.25, -0.2) is 14.6 Å². The Morgan fingerprint density at radius 2 is 1.87 bits per heavy atom. The van der Waals surface area contributed by atoms with Gasteiger partial charge in [0.2, 0.25) is 0 Å². The maximum absolute atomic E-state index is 12.7. The molecule has 1 aromatic heterocycles. The van der Waals surface area contributed by atoms with Crippen molar-refractivity contribution in [2.75, 3.05) is 44.7 Å². The molecule has 0 bridgehead atoms. The molecule has 3 heterocycles. The van der Waals surface area contributed by atoms with Crippen molar-refractivity contribution in [3.8, 4) is 0 Å². The minimum atomic E-state index is -0.549. The van der Waals surface area contributed by atoms with Crippen molar-refractivity contribution in [1.29, 1.82) is 0 Å². The number of aromatic nitrogens is 1. The molecule has 0 spiro atoms. The molecule has 2 aliphatic heterocycles. The predicted octanol–water partition coefficient (Wildman–Crippen LogP) is 1.99. The smallest absolute Gasteiger partial charge is 0.338 e. The van der Waals surface area contributed by atoms with Crippen molar-refractivity contribution in [3.05, 3.63) is 71.1 Å². The fourth-order valence-electron chi connectivity index (χ4n) is 4.00. The highest BCUT2D eigenvalue weighted by Gasteiger charge is 2.34. The Balaban J connectivity index is 1.54. The molecular weight excluding hydrogens is 394 g/mol. The maximum Gasteiger partial charge on any atom is 0.338 e. The number of esters is 1. The monoisotopic (exact) mass is 421 g/mol. The molecular formula is C23H27N5O3. The molecule has 8 nitrogen and oxygen atoms in total. The van der Waals surface area contributed by atoms with Crippen molar-refractivity contribution in [2.45, 2.75) is 13.0 Å². The summed E-state index contributed by atoms with van der Waals surface area (Å²) in [6.07, 6.45) is 1.80. The van der Waals surface area contributed by atoms with E-state index in [9.17, 15) is 9.59 Å². The van der Waals surface area contributed by atoms with Gasteiger partial charge in [-0.05, 0) is 24.6 Å². The molecule has 1 saturated heterocycles. The summed E-state index contributed by atoms with van der Waals surface area (Å²) in [5.41, 5.74) is 2.99. The third kappa shape index (κ3) is 4.69. The van der Waals surface area contributed by atoms with E-state index >= 15 is 0 Å². The highest BCUT2D eigenvalue weighted by molar-refractivity contribution is 5.95. The number of aryl methyl sites for hydroxylation is 1. The summed E-state index contributed by atoms with van der Waals surface area (Å²) >= 11 is 0. The van der Waals surface area contributed by atoms with Gasteiger partial charge in [0.05, 0.1) is 18.7 Å². The number of amides is 2. The van der Waals surface area contributed by atoms with Gasteiger partial charge in [0, 0.05) is 44.6 Å². The van der Waals surface area contributed by atoms with Crippen LogP contribution in [-0.4, -0.2) is 61.7 Å². The zero-order chi connectivity index (χ0) is 21.8. The van der Waals surface area contributed by atoms with Crippen LogP contribution >= 0.6 is 0 Å². The largest absolute Gasteiger partial charge is 0.466 e. The first-order valence-electron chi connectivity index (χ1n) is 10.4. The number of nitrogens with one attached hydrogen (secondary N) is 2. The number of hydrogen-bond acceptors (Lipinski definition) is 6. The summed E-state index contributed by atoms with van der Waals surface area (Å²) in [7, 11) is 1.36. The Morgan fingerprint density at radius 3 is 2.52 bits per heavy atom. The van der Waals surface area contributed by atoms with E-state index in [0.29, 0.717) is 17.8 Å². The molecule has 1 fully saturated rings. The number of piperazine rings is 1. The lowest BCUT2D eigenvalue weighted by molar-refractivity contribution is -0.136. The first-order chi connectivity index (χ1) is 15.0. The molecule has 0 saturated carbocycles. The van der Waals surface area contributed by atoms with Crippen LogP contribution in [0.15, 0.2) is 59.9 Å². The Hall–Kier alpha value is -3.39. The van der Waals surface area contributed by atoms with Gasteiger partial charge < -0.3 is 20.3 Å². The number of rotatable bonds is 5. The van der Waals surface area contributed by atoms with E-state index in [1.165, 1.54) is 7.11 Å². The lowest BCUT2D eigenvalue weighted by atomic mass is 9.94. The molecule has 0 unspecified atom stereocenters. The van der Waals surface area contributed by atoms with Crippen LogP contribution in [0.1, 0.15) is 17.2 Å². The number of benzene rings is 1. The van der Waals surface area contributed by atoms with Gasteiger partial charge >= 0.3 is 12.0 Å². The Bertz CT molecular complexity index is 966. The number of hydrogen-bond donors (Lipinski definition) is 2. The van der Waals surface area contributed by atoms with Crippen molar-refractivity contribution >= 4 is 17.8 Å². The normalized spacial score (nSPS) is 19.6. The number of pyridine rings is 1. The standard InChI is InChI=1S/C23H27N5O3/c1-16-6-8-17(9-7-16)21-20(22(29)31-2)18(25-23(30)26-21)15-27-11-13-28(14-12-27)19-5-3-4-10-24-19/h3-10,21H,11-15H2,1-2H3,(H2,25,26,30)/t21-/m1/s1. The highest BCUT2D eigenvalue weighted by atomic mass is 16.5. The van der Waals surface area contributed by atoms with Crippen LogP contribution in [-0.2, 0) is 9.53 Å². The quantitative estimate of drug-likeness (QED) is 0.718. The third-order valence-electron chi connectivity index (χ3n) is 5.70. The van der Waals surface area contributed by atoms with Crippen molar-refractivity contribution in [1.82, 2.24) is 20.5 Å². The van der Waals surface area contributed by atoms with E-state index in [0.717, 1.165) is 43.1 Å². The average molecular weight is 422 g/mol. The van der Waals surface area contributed by atoms with Gasteiger partial charge in [0.15, 0.2) is 0 Å². The van der Waals surface area contributed by atoms with Crippen molar-refractivity contribution in [2.24, 2.45) is 0 Å². The first kappa shape index (κ1) is 20.9. The maximum atomic E-state index is 12.7. The summed E-state index contributed by atoms with van der Waals surface area (Å²) in [4.78, 5) is 34.0. The molecule has 2 N–H and O–H groups in total. The molecule has 162 valence electrons. The van der Waals surface area contributed by atoms with Gasteiger partial charge in [0.25, 0.3) is 0 Å². The molecule has 2 aliphatic rings. The second kappa shape index (κ2) is 9.18. The van der Waals surface area contributed by atoms with E-state index in [-0.39, 0.29) is 6.03 Å². The fourth-order valence-corrected chi connectivity index (χ4v) is 4.00. The average Bonchev–Trinajstić information content (AvgIpc) is 2.80. The molecule has 8 heteroatoms. The Morgan fingerprint density at radius 1 is 1.13 bits per heavy atom. The Kier molecular flexibility index (Phi) is 6.18. The van der Waals surface area contributed by atoms with Crippen LogP contribution in [0.2, 0.25) is 0 Å². The summed E-state index contributed by atoms with van der Waals surface area (Å²) in [6.45, 7) is 5.71.